The van der Waals surface area contributed by atoms with Gasteiger partial charge in [-0.1, -0.05) is 24.3 Å². The Morgan fingerprint density at radius 3 is 2.28 bits per heavy atom. The molecule has 0 saturated heterocycles. The van der Waals surface area contributed by atoms with E-state index in [0.29, 0.717) is 65.5 Å². The molecule has 4 aromatic carbocycles. The van der Waals surface area contributed by atoms with Gasteiger partial charge in [0.1, 0.15) is 11.5 Å². The number of para-hydroxylation sites is 1. The second-order valence-corrected chi connectivity index (χ2v) is 10.9. The number of carbonyl (C=O) groups is 4. The monoisotopic (exact) mass is 621 g/mol. The molecule has 0 saturated carbocycles. The van der Waals surface area contributed by atoms with Gasteiger partial charge in [-0.3, -0.25) is 24.1 Å². The van der Waals surface area contributed by atoms with Crippen LogP contribution in [0.25, 0.3) is 0 Å². The first kappa shape index (κ1) is 31.6. The summed E-state index contributed by atoms with van der Waals surface area (Å²) in [6.45, 7) is 2.54. The maximum Gasteiger partial charge on any atom is 0.261 e. The number of rotatable bonds is 11. The number of hydrogen-bond donors (Lipinski definition) is 3. The maximum absolute atomic E-state index is 13.6. The van der Waals surface area contributed by atoms with Crippen molar-refractivity contribution in [2.75, 3.05) is 49.0 Å². The number of imide groups is 1. The molecule has 0 spiro atoms. The number of methoxy groups -OCH3 is 1. The molecule has 0 unspecified atom stereocenters. The van der Waals surface area contributed by atoms with Gasteiger partial charge in [-0.05, 0) is 79.9 Å². The second-order valence-electron chi connectivity index (χ2n) is 10.9. The van der Waals surface area contributed by atoms with Gasteiger partial charge in [-0.2, -0.15) is 0 Å². The van der Waals surface area contributed by atoms with Crippen LogP contribution < -0.4 is 31.2 Å². The van der Waals surface area contributed by atoms with Crippen molar-refractivity contribution in [1.82, 2.24) is 4.90 Å². The lowest BCUT2D eigenvalue weighted by Crippen LogP contribution is -2.30. The third kappa shape index (κ3) is 6.34. The number of hydrogen-bond acceptors (Lipinski definition) is 8. The average molecular weight is 622 g/mol. The van der Waals surface area contributed by atoms with E-state index in [1.807, 2.05) is 25.1 Å². The van der Waals surface area contributed by atoms with E-state index in [2.05, 4.69) is 5.32 Å². The van der Waals surface area contributed by atoms with Gasteiger partial charge in [0.15, 0.2) is 0 Å². The number of nitrogens with one attached hydrogen (secondary N) is 1. The number of fused-ring (bicyclic) bond motifs is 1. The number of benzene rings is 4. The molecule has 11 nitrogen and oxygen atoms in total. The molecule has 1 aliphatic rings. The summed E-state index contributed by atoms with van der Waals surface area (Å²) in [5.74, 6) is -0.540. The Bertz CT molecular complexity index is 1800. The highest BCUT2D eigenvalue weighted by Crippen LogP contribution is 2.32. The normalized spacial score (nSPS) is 12.1. The minimum absolute atomic E-state index is 0.172. The Balaban J connectivity index is 1.22. The number of aryl methyl sites for hydroxylation is 1. The van der Waals surface area contributed by atoms with Crippen LogP contribution in [-0.2, 0) is 0 Å². The van der Waals surface area contributed by atoms with Crippen molar-refractivity contribution in [2.24, 2.45) is 0 Å². The zero-order chi connectivity index (χ0) is 33.0. The number of nitrogens with two attached hydrogens (primary N) is 2. The molecule has 0 fully saturated rings. The van der Waals surface area contributed by atoms with Gasteiger partial charge in [0.2, 0.25) is 0 Å². The lowest BCUT2D eigenvalue weighted by atomic mass is 10.1. The van der Waals surface area contributed by atoms with E-state index in [1.54, 1.807) is 67.7 Å². The predicted molar refractivity (Wildman–Crippen MR) is 177 cm³/mol. The van der Waals surface area contributed by atoms with Crippen molar-refractivity contribution in [3.8, 4) is 11.5 Å². The van der Waals surface area contributed by atoms with Gasteiger partial charge in [-0.15, -0.1) is 0 Å². The summed E-state index contributed by atoms with van der Waals surface area (Å²) in [6.07, 6.45) is 1.15. The highest BCUT2D eigenvalue weighted by Gasteiger charge is 2.34. The van der Waals surface area contributed by atoms with Gasteiger partial charge >= 0.3 is 0 Å². The molecule has 1 aliphatic heterocycles. The molecule has 1 heterocycles. The van der Waals surface area contributed by atoms with Crippen LogP contribution in [-0.4, -0.2) is 55.8 Å². The van der Waals surface area contributed by atoms with Crippen molar-refractivity contribution in [3.63, 3.8) is 0 Å². The Morgan fingerprint density at radius 1 is 0.870 bits per heavy atom. The average Bonchev–Trinajstić information content (AvgIpc) is 3.30. The van der Waals surface area contributed by atoms with Crippen molar-refractivity contribution in [2.45, 2.75) is 19.8 Å². The Hall–Kier alpha value is -5.84. The predicted octanol–water partition coefficient (Wildman–Crippen LogP) is 5.15. The van der Waals surface area contributed by atoms with E-state index in [-0.39, 0.29) is 34.7 Å². The number of nitrogens with zero attached hydrogens (tertiary/aromatic N) is 2. The number of unbranched alkanes of at least 4 members (excludes halogenated alkanes) is 1. The SMILES string of the molecule is COc1cc(C(=O)N(C)c2ccc(C)cc2OCCCCN2C(=O)c3ccccc3C2=O)ccc1NC(=O)c1cccc(N)c1N. The molecule has 5 rings (SSSR count). The fourth-order valence-corrected chi connectivity index (χ4v) is 5.21. The largest absolute Gasteiger partial charge is 0.495 e. The standard InChI is InChI=1S/C35H35N5O6/c1-21-13-16-28(30(19-21)46-18-7-6-17-40-34(43)23-9-4-5-10-24(23)35(40)44)39(2)33(42)22-14-15-27(29(20-22)45-3)38-32(41)25-11-8-12-26(36)31(25)37/h4-5,8-16,19-20H,6-7,17-18,36-37H2,1-3H3,(H,38,41). The Labute approximate surface area is 266 Å². The molecule has 4 aromatic rings. The van der Waals surface area contributed by atoms with Crippen molar-refractivity contribution < 1.29 is 28.7 Å². The molecule has 5 N–H and O–H groups in total. The lowest BCUT2D eigenvalue weighted by molar-refractivity contribution is 0.0649. The second kappa shape index (κ2) is 13.4. The molecule has 0 bridgehead atoms. The number of amides is 4. The van der Waals surface area contributed by atoms with E-state index in [0.717, 1.165) is 5.56 Å². The Morgan fingerprint density at radius 2 is 1.59 bits per heavy atom. The fourth-order valence-electron chi connectivity index (χ4n) is 5.21. The zero-order valence-electron chi connectivity index (χ0n) is 25.8. The highest BCUT2D eigenvalue weighted by molar-refractivity contribution is 6.21. The van der Waals surface area contributed by atoms with Crippen molar-refractivity contribution >= 4 is 46.4 Å². The molecule has 236 valence electrons. The van der Waals surface area contributed by atoms with Gasteiger partial charge in [0, 0.05) is 19.2 Å². The summed E-state index contributed by atoms with van der Waals surface area (Å²) in [5.41, 5.74) is 15.6. The number of nitrogen functional groups attached to an aromatic ring is 2. The molecule has 4 amide bonds. The summed E-state index contributed by atoms with van der Waals surface area (Å²) in [6, 6.07) is 21.9. The van der Waals surface area contributed by atoms with Gasteiger partial charge < -0.3 is 31.2 Å². The maximum atomic E-state index is 13.6. The molecule has 0 aliphatic carbocycles. The van der Waals surface area contributed by atoms with Crippen LogP contribution in [0.4, 0.5) is 22.7 Å². The van der Waals surface area contributed by atoms with E-state index < -0.39 is 5.91 Å². The van der Waals surface area contributed by atoms with Crippen LogP contribution >= 0.6 is 0 Å². The first-order valence-electron chi connectivity index (χ1n) is 14.7. The summed E-state index contributed by atoms with van der Waals surface area (Å²) < 4.78 is 11.6. The fraction of sp³-hybridized carbons (Fsp3) is 0.200. The first-order chi connectivity index (χ1) is 22.1. The molecule has 0 radical (unpaired) electrons. The van der Waals surface area contributed by atoms with E-state index in [9.17, 15) is 19.2 Å². The molecule has 0 atom stereocenters. The van der Waals surface area contributed by atoms with Crippen LogP contribution in [0.15, 0.2) is 78.9 Å². The summed E-state index contributed by atoms with van der Waals surface area (Å²) in [7, 11) is 3.09. The first-order valence-corrected chi connectivity index (χ1v) is 14.7. The van der Waals surface area contributed by atoms with Gasteiger partial charge in [0.25, 0.3) is 23.6 Å². The smallest absolute Gasteiger partial charge is 0.261 e. The Kier molecular flexibility index (Phi) is 9.22. The van der Waals surface area contributed by atoms with Gasteiger partial charge in [-0.25, -0.2) is 0 Å². The number of ether oxygens (including phenoxy) is 2. The van der Waals surface area contributed by atoms with Crippen LogP contribution in [0.2, 0.25) is 0 Å². The molecular weight excluding hydrogens is 586 g/mol. The molecule has 46 heavy (non-hydrogen) atoms. The van der Waals surface area contributed by atoms with E-state index in [4.69, 9.17) is 20.9 Å². The van der Waals surface area contributed by atoms with Crippen molar-refractivity contribution in [3.05, 3.63) is 107 Å². The third-order valence-corrected chi connectivity index (χ3v) is 7.77. The quantitative estimate of drug-likeness (QED) is 0.118. The molecule has 0 aromatic heterocycles. The topological polar surface area (TPSA) is 157 Å². The zero-order valence-corrected chi connectivity index (χ0v) is 25.8. The van der Waals surface area contributed by atoms with E-state index in [1.165, 1.54) is 16.9 Å². The summed E-state index contributed by atoms with van der Waals surface area (Å²) >= 11 is 0. The van der Waals surface area contributed by atoms with Crippen LogP contribution in [0, 0.1) is 6.92 Å². The highest BCUT2D eigenvalue weighted by atomic mass is 16.5. The van der Waals surface area contributed by atoms with E-state index >= 15 is 0 Å². The lowest BCUT2D eigenvalue weighted by Gasteiger charge is -2.22. The number of carbonyl (C=O) groups excluding carboxylic acids is 4. The summed E-state index contributed by atoms with van der Waals surface area (Å²) in [4.78, 5) is 54.5. The van der Waals surface area contributed by atoms with Gasteiger partial charge in [0.05, 0.1) is 53.2 Å². The summed E-state index contributed by atoms with van der Waals surface area (Å²) in [5, 5.41) is 2.76. The molecular formula is C35H35N5O6. The minimum Gasteiger partial charge on any atom is -0.495 e. The van der Waals surface area contributed by atoms with Crippen LogP contribution in [0.5, 0.6) is 11.5 Å². The van der Waals surface area contributed by atoms with Crippen LogP contribution in [0.3, 0.4) is 0 Å². The minimum atomic E-state index is -0.468. The molecule has 11 heteroatoms. The third-order valence-electron chi connectivity index (χ3n) is 7.77. The number of anilines is 4. The van der Waals surface area contributed by atoms with Crippen molar-refractivity contribution in [1.29, 1.82) is 0 Å². The van der Waals surface area contributed by atoms with Crippen LogP contribution in [0.1, 0.15) is 59.8 Å².